The molecule has 7 heteroatoms. The lowest BCUT2D eigenvalue weighted by molar-refractivity contribution is -0.118. The van der Waals surface area contributed by atoms with E-state index in [-0.39, 0.29) is 24.3 Å². The summed E-state index contributed by atoms with van der Waals surface area (Å²) in [5.41, 5.74) is 3.54. The quantitative estimate of drug-likeness (QED) is 0.641. The van der Waals surface area contributed by atoms with Crippen LogP contribution in [0.3, 0.4) is 0 Å². The summed E-state index contributed by atoms with van der Waals surface area (Å²) >= 11 is 0. The van der Waals surface area contributed by atoms with Crippen molar-refractivity contribution in [3.63, 3.8) is 0 Å². The highest BCUT2D eigenvalue weighted by Crippen LogP contribution is 2.35. The fourth-order valence-corrected chi connectivity index (χ4v) is 5.11. The van der Waals surface area contributed by atoms with Crippen LogP contribution in [-0.4, -0.2) is 55.3 Å². The number of carbonyl (C=O) groups excluding carboxylic acids is 2. The van der Waals surface area contributed by atoms with Crippen molar-refractivity contribution >= 4 is 17.7 Å². The number of benzene rings is 2. The monoisotopic (exact) mass is 478 g/mol. The second-order valence-electron chi connectivity index (χ2n) is 10.7. The highest BCUT2D eigenvalue weighted by atomic mass is 16.6. The van der Waals surface area contributed by atoms with Crippen molar-refractivity contribution in [2.24, 2.45) is 5.92 Å². The molecule has 1 saturated heterocycles. The van der Waals surface area contributed by atoms with Gasteiger partial charge in [-0.25, -0.2) is 4.79 Å². The van der Waals surface area contributed by atoms with E-state index < -0.39 is 5.60 Å². The molecule has 186 valence electrons. The minimum absolute atomic E-state index is 0.0405. The van der Waals surface area contributed by atoms with Crippen molar-refractivity contribution in [3.8, 4) is 11.5 Å². The highest BCUT2D eigenvalue weighted by molar-refractivity contribution is 5.96. The molecule has 35 heavy (non-hydrogen) atoms. The van der Waals surface area contributed by atoms with Gasteiger partial charge in [0.15, 0.2) is 0 Å². The normalized spacial score (nSPS) is 19.9. The first kappa shape index (κ1) is 23.5. The molecule has 1 atom stereocenters. The van der Waals surface area contributed by atoms with Crippen molar-refractivity contribution in [2.45, 2.75) is 52.1 Å². The van der Waals surface area contributed by atoms with Crippen LogP contribution in [0, 0.1) is 5.92 Å². The molecule has 0 aromatic heterocycles. The molecule has 2 aromatic rings. The Morgan fingerprint density at radius 2 is 1.74 bits per heavy atom. The van der Waals surface area contributed by atoms with Gasteiger partial charge in [0, 0.05) is 49.8 Å². The third-order valence-electron chi connectivity index (χ3n) is 6.81. The fraction of sp³-hybridized carbons (Fsp3) is 0.500. The molecule has 3 aliphatic rings. The molecular formula is C28H34N2O5. The summed E-state index contributed by atoms with van der Waals surface area (Å²) in [6.45, 7) is 8.63. The maximum atomic E-state index is 13.8. The molecule has 0 bridgehead atoms. The van der Waals surface area contributed by atoms with Crippen LogP contribution in [0.1, 0.15) is 43.9 Å². The Morgan fingerprint density at radius 1 is 1.03 bits per heavy atom. The smallest absolute Gasteiger partial charge is 0.410 e. The van der Waals surface area contributed by atoms with Crippen molar-refractivity contribution in [3.05, 3.63) is 53.1 Å². The third-order valence-corrected chi connectivity index (χ3v) is 6.81. The highest BCUT2D eigenvalue weighted by Gasteiger charge is 2.33. The number of ether oxygens (including phenoxy) is 3. The van der Waals surface area contributed by atoms with E-state index in [1.807, 2.05) is 49.9 Å². The largest absolute Gasteiger partial charge is 0.493 e. The van der Waals surface area contributed by atoms with Crippen LogP contribution in [0.4, 0.5) is 10.5 Å². The van der Waals surface area contributed by atoms with Gasteiger partial charge in [-0.2, -0.15) is 0 Å². The fourth-order valence-electron chi connectivity index (χ4n) is 5.11. The van der Waals surface area contributed by atoms with Gasteiger partial charge in [-0.1, -0.05) is 18.2 Å². The number of para-hydroxylation sites is 1. The number of hydrogen-bond donors (Lipinski definition) is 0. The summed E-state index contributed by atoms with van der Waals surface area (Å²) in [7, 11) is 0. The van der Waals surface area contributed by atoms with Crippen molar-refractivity contribution in [1.82, 2.24) is 4.90 Å². The maximum absolute atomic E-state index is 13.8. The van der Waals surface area contributed by atoms with Crippen LogP contribution < -0.4 is 14.4 Å². The van der Waals surface area contributed by atoms with Gasteiger partial charge in [-0.05, 0) is 56.4 Å². The zero-order valence-electron chi connectivity index (χ0n) is 20.8. The molecule has 0 radical (unpaired) electrons. The number of likely N-dealkylation sites (tertiary alicyclic amines) is 1. The summed E-state index contributed by atoms with van der Waals surface area (Å²) in [6, 6.07) is 12.1. The maximum Gasteiger partial charge on any atom is 0.410 e. The molecule has 0 aliphatic carbocycles. The average Bonchev–Trinajstić information content (AvgIpc) is 3.45. The van der Waals surface area contributed by atoms with Gasteiger partial charge < -0.3 is 24.0 Å². The average molecular weight is 479 g/mol. The SMILES string of the molecule is CC(C)(C)OC(=O)N1CCC(CN2C(=O)Cc3cc4c(cc3OCCc3ccccc32)OCC4)C1. The topological polar surface area (TPSA) is 68.3 Å². The van der Waals surface area contributed by atoms with Gasteiger partial charge in [0.1, 0.15) is 17.1 Å². The molecule has 7 nitrogen and oxygen atoms in total. The summed E-state index contributed by atoms with van der Waals surface area (Å²) in [5.74, 6) is 1.82. The van der Waals surface area contributed by atoms with Crippen LogP contribution in [-0.2, 0) is 28.8 Å². The molecule has 5 rings (SSSR count). The van der Waals surface area contributed by atoms with E-state index in [2.05, 4.69) is 12.1 Å². The van der Waals surface area contributed by atoms with Gasteiger partial charge in [0.2, 0.25) is 5.91 Å². The molecule has 0 N–H and O–H groups in total. The Hall–Kier alpha value is -3.22. The van der Waals surface area contributed by atoms with E-state index in [0.717, 1.165) is 46.7 Å². The minimum atomic E-state index is -0.523. The molecule has 0 spiro atoms. The van der Waals surface area contributed by atoms with Crippen LogP contribution in [0.15, 0.2) is 36.4 Å². The van der Waals surface area contributed by atoms with E-state index in [4.69, 9.17) is 14.2 Å². The van der Waals surface area contributed by atoms with Crippen molar-refractivity contribution < 1.29 is 23.8 Å². The second kappa shape index (κ2) is 9.44. The number of fused-ring (bicyclic) bond motifs is 3. The minimum Gasteiger partial charge on any atom is -0.493 e. The first-order valence-corrected chi connectivity index (χ1v) is 12.5. The Labute approximate surface area is 206 Å². The first-order valence-electron chi connectivity index (χ1n) is 12.5. The molecule has 1 fully saturated rings. The Bertz CT molecular complexity index is 1120. The lowest BCUT2D eigenvalue weighted by atomic mass is 10.0. The molecule has 2 aromatic carbocycles. The van der Waals surface area contributed by atoms with Gasteiger partial charge >= 0.3 is 6.09 Å². The number of hydrogen-bond acceptors (Lipinski definition) is 5. The summed E-state index contributed by atoms with van der Waals surface area (Å²) in [4.78, 5) is 30.0. The molecular weight excluding hydrogens is 444 g/mol. The van der Waals surface area contributed by atoms with E-state index in [9.17, 15) is 9.59 Å². The van der Waals surface area contributed by atoms with Gasteiger partial charge in [0.25, 0.3) is 0 Å². The summed E-state index contributed by atoms with van der Waals surface area (Å²) < 4.78 is 17.4. The number of rotatable bonds is 2. The van der Waals surface area contributed by atoms with Gasteiger partial charge in [0.05, 0.1) is 19.6 Å². The van der Waals surface area contributed by atoms with Crippen LogP contribution >= 0.6 is 0 Å². The standard InChI is InChI=1S/C28H34N2O5/c1-28(2,3)35-27(32)29-11-8-19(17-29)18-30-23-7-5-4-6-20(23)9-12-34-25-16-24-21(10-13-33-24)14-22(25)15-26(30)31/h4-7,14,16,19H,8-13,15,17-18H2,1-3H3. The lowest BCUT2D eigenvalue weighted by Gasteiger charge is -2.30. The molecule has 3 aliphatic heterocycles. The number of amides is 2. The number of anilines is 1. The Balaban J connectivity index is 1.39. The van der Waals surface area contributed by atoms with Crippen molar-refractivity contribution in [2.75, 3.05) is 37.7 Å². The first-order chi connectivity index (χ1) is 16.8. The van der Waals surface area contributed by atoms with Crippen LogP contribution in [0.25, 0.3) is 0 Å². The summed E-state index contributed by atoms with van der Waals surface area (Å²) in [6.07, 6.45) is 2.38. The predicted molar refractivity (Wildman–Crippen MR) is 133 cm³/mol. The molecule has 2 amide bonds. The van der Waals surface area contributed by atoms with E-state index in [1.165, 1.54) is 0 Å². The van der Waals surface area contributed by atoms with E-state index >= 15 is 0 Å². The van der Waals surface area contributed by atoms with Gasteiger partial charge in [-0.15, -0.1) is 0 Å². The zero-order valence-corrected chi connectivity index (χ0v) is 20.8. The Morgan fingerprint density at radius 3 is 2.51 bits per heavy atom. The third kappa shape index (κ3) is 5.24. The number of carbonyl (C=O) groups is 2. The summed E-state index contributed by atoms with van der Waals surface area (Å²) in [5, 5.41) is 0. The van der Waals surface area contributed by atoms with Crippen LogP contribution in [0.5, 0.6) is 11.5 Å². The predicted octanol–water partition coefficient (Wildman–Crippen LogP) is 4.39. The van der Waals surface area contributed by atoms with E-state index in [1.54, 1.807) is 4.90 Å². The molecule has 1 unspecified atom stereocenters. The molecule has 0 saturated carbocycles. The van der Waals surface area contributed by atoms with Gasteiger partial charge in [-0.3, -0.25) is 4.79 Å². The van der Waals surface area contributed by atoms with E-state index in [0.29, 0.717) is 39.3 Å². The molecule has 3 heterocycles. The Kier molecular flexibility index (Phi) is 6.34. The second-order valence-corrected chi connectivity index (χ2v) is 10.7. The van der Waals surface area contributed by atoms with Crippen molar-refractivity contribution in [1.29, 1.82) is 0 Å². The number of nitrogens with zero attached hydrogens (tertiary/aromatic N) is 2. The van der Waals surface area contributed by atoms with Crippen LogP contribution in [0.2, 0.25) is 0 Å². The zero-order chi connectivity index (χ0) is 24.6. The lowest BCUT2D eigenvalue weighted by Crippen LogP contribution is -2.39.